The quantitative estimate of drug-likeness (QED) is 0.478. The van der Waals surface area contributed by atoms with Crippen LogP contribution in [0.2, 0.25) is 0 Å². The van der Waals surface area contributed by atoms with Crippen molar-refractivity contribution in [3.63, 3.8) is 0 Å². The molecular formula is C11H18IN3O2. The molecule has 1 rings (SSSR count). The number of rotatable bonds is 5. The molecule has 0 aliphatic heterocycles. The molecule has 0 fully saturated rings. The molecule has 0 heterocycles. The Balaban J connectivity index is 0.00000256. The van der Waals surface area contributed by atoms with E-state index >= 15 is 0 Å². The zero-order valence-corrected chi connectivity index (χ0v) is 12.3. The lowest BCUT2D eigenvalue weighted by molar-refractivity contribution is 0.310. The maximum Gasteiger partial charge on any atom is 0.186 e. The number of hydrogen-bond acceptors (Lipinski definition) is 3. The molecule has 0 atom stereocenters. The highest BCUT2D eigenvalue weighted by atomic mass is 127. The normalized spacial score (nSPS) is 9.06. The second-order valence-electron chi connectivity index (χ2n) is 3.16. The fourth-order valence-corrected chi connectivity index (χ4v) is 1.27. The minimum atomic E-state index is 0. The summed E-state index contributed by atoms with van der Waals surface area (Å²) in [6.45, 7) is 2.94. The average molecular weight is 351 g/mol. The maximum absolute atomic E-state index is 5.44. The molecule has 0 saturated heterocycles. The summed E-state index contributed by atoms with van der Waals surface area (Å²) >= 11 is 0. The number of guanidine groups is 1. The molecule has 0 aromatic heterocycles. The van der Waals surface area contributed by atoms with Crippen LogP contribution >= 0.6 is 24.0 Å². The standard InChI is InChI=1S/C11H17N3O2.HI/c1-3-16-10-6-8(7-14-11(12)13)4-5-9(10)15-2;/h4-6H,3,7H2,1-2H3,(H4,12,13,14);1H. The molecule has 0 aliphatic rings. The molecule has 0 amide bonds. The molecule has 0 bridgehead atoms. The van der Waals surface area contributed by atoms with Gasteiger partial charge in [0.2, 0.25) is 0 Å². The van der Waals surface area contributed by atoms with Gasteiger partial charge in [0.1, 0.15) is 0 Å². The first-order valence-electron chi connectivity index (χ1n) is 5.02. The Morgan fingerprint density at radius 3 is 2.53 bits per heavy atom. The van der Waals surface area contributed by atoms with Gasteiger partial charge in [0.15, 0.2) is 17.5 Å². The Hall–Kier alpha value is -1.18. The Labute approximate surface area is 118 Å². The second kappa shape index (κ2) is 7.99. The number of nitrogens with two attached hydrogens (primary N) is 2. The fraction of sp³-hybridized carbons (Fsp3) is 0.364. The van der Waals surface area contributed by atoms with E-state index in [0.717, 1.165) is 5.56 Å². The third-order valence-corrected chi connectivity index (χ3v) is 1.97. The number of methoxy groups -OCH3 is 1. The highest BCUT2D eigenvalue weighted by molar-refractivity contribution is 14.0. The molecule has 0 radical (unpaired) electrons. The van der Waals surface area contributed by atoms with Crippen LogP contribution in [-0.4, -0.2) is 19.7 Å². The number of aliphatic imine (C=N–C) groups is 1. The van der Waals surface area contributed by atoms with Crippen molar-refractivity contribution in [1.29, 1.82) is 0 Å². The van der Waals surface area contributed by atoms with Crippen molar-refractivity contribution >= 4 is 29.9 Å². The van der Waals surface area contributed by atoms with Gasteiger partial charge in [-0.05, 0) is 24.6 Å². The SMILES string of the molecule is CCOc1cc(CN=C(N)N)ccc1OC.I. The zero-order valence-electron chi connectivity index (χ0n) is 9.97. The highest BCUT2D eigenvalue weighted by Crippen LogP contribution is 2.28. The van der Waals surface area contributed by atoms with Crippen LogP contribution < -0.4 is 20.9 Å². The molecule has 0 saturated carbocycles. The minimum absolute atomic E-state index is 0. The van der Waals surface area contributed by atoms with Crippen molar-refractivity contribution in [2.24, 2.45) is 16.5 Å². The summed E-state index contributed by atoms with van der Waals surface area (Å²) in [4.78, 5) is 3.93. The second-order valence-corrected chi connectivity index (χ2v) is 3.16. The lowest BCUT2D eigenvalue weighted by Crippen LogP contribution is -2.22. The van der Waals surface area contributed by atoms with Crippen LogP contribution in [0.25, 0.3) is 0 Å². The van der Waals surface area contributed by atoms with Gasteiger partial charge < -0.3 is 20.9 Å². The van der Waals surface area contributed by atoms with Crippen molar-refractivity contribution in [1.82, 2.24) is 0 Å². The summed E-state index contributed by atoms with van der Waals surface area (Å²) in [7, 11) is 1.60. The van der Waals surface area contributed by atoms with Crippen LogP contribution in [0.1, 0.15) is 12.5 Å². The third-order valence-electron chi connectivity index (χ3n) is 1.97. The molecule has 0 spiro atoms. The van der Waals surface area contributed by atoms with Gasteiger partial charge in [-0.2, -0.15) is 0 Å². The van der Waals surface area contributed by atoms with E-state index in [1.807, 2.05) is 25.1 Å². The van der Waals surface area contributed by atoms with E-state index in [1.54, 1.807) is 7.11 Å². The number of benzene rings is 1. The topological polar surface area (TPSA) is 82.9 Å². The number of halogens is 1. The maximum atomic E-state index is 5.44. The molecule has 17 heavy (non-hydrogen) atoms. The molecule has 4 N–H and O–H groups in total. The summed E-state index contributed by atoms with van der Waals surface area (Å²) in [6, 6.07) is 5.60. The van der Waals surface area contributed by atoms with Crippen LogP contribution in [0.5, 0.6) is 11.5 Å². The summed E-state index contributed by atoms with van der Waals surface area (Å²) in [5, 5.41) is 0. The smallest absolute Gasteiger partial charge is 0.186 e. The predicted octanol–water partition coefficient (Wildman–Crippen LogP) is 1.49. The van der Waals surface area contributed by atoms with Gasteiger partial charge in [-0.3, -0.25) is 0 Å². The number of hydrogen-bond donors (Lipinski definition) is 2. The van der Waals surface area contributed by atoms with Crippen molar-refractivity contribution in [3.8, 4) is 11.5 Å². The number of ether oxygens (including phenoxy) is 2. The van der Waals surface area contributed by atoms with E-state index < -0.39 is 0 Å². The van der Waals surface area contributed by atoms with E-state index in [1.165, 1.54) is 0 Å². The van der Waals surface area contributed by atoms with Gasteiger partial charge in [-0.25, -0.2) is 4.99 Å². The van der Waals surface area contributed by atoms with E-state index in [2.05, 4.69) is 4.99 Å². The Morgan fingerprint density at radius 2 is 2.00 bits per heavy atom. The third kappa shape index (κ3) is 5.12. The van der Waals surface area contributed by atoms with Crippen molar-refractivity contribution < 1.29 is 9.47 Å². The van der Waals surface area contributed by atoms with E-state index in [4.69, 9.17) is 20.9 Å². The summed E-state index contributed by atoms with van der Waals surface area (Å²) in [5.74, 6) is 1.48. The van der Waals surface area contributed by atoms with Gasteiger partial charge in [-0.1, -0.05) is 6.07 Å². The number of nitrogens with zero attached hydrogens (tertiary/aromatic N) is 1. The van der Waals surface area contributed by atoms with Crippen LogP contribution in [-0.2, 0) is 6.54 Å². The minimum Gasteiger partial charge on any atom is -0.493 e. The van der Waals surface area contributed by atoms with Crippen molar-refractivity contribution in [3.05, 3.63) is 23.8 Å². The molecule has 96 valence electrons. The average Bonchev–Trinajstić information content (AvgIpc) is 2.27. The zero-order chi connectivity index (χ0) is 12.0. The Bertz CT molecular complexity index is 379. The van der Waals surface area contributed by atoms with Gasteiger partial charge in [0.25, 0.3) is 0 Å². The van der Waals surface area contributed by atoms with Crippen LogP contribution in [0.3, 0.4) is 0 Å². The molecular weight excluding hydrogens is 333 g/mol. The van der Waals surface area contributed by atoms with Gasteiger partial charge in [0, 0.05) is 0 Å². The first-order valence-corrected chi connectivity index (χ1v) is 5.02. The van der Waals surface area contributed by atoms with Crippen molar-refractivity contribution in [2.45, 2.75) is 13.5 Å². The molecule has 0 aliphatic carbocycles. The molecule has 0 unspecified atom stereocenters. The molecule has 5 nitrogen and oxygen atoms in total. The summed E-state index contributed by atoms with van der Waals surface area (Å²) in [5.41, 5.74) is 11.5. The predicted molar refractivity (Wildman–Crippen MR) is 79.1 cm³/mol. The van der Waals surface area contributed by atoms with Crippen LogP contribution in [0.4, 0.5) is 0 Å². The van der Waals surface area contributed by atoms with E-state index in [-0.39, 0.29) is 29.9 Å². The largest absolute Gasteiger partial charge is 0.493 e. The van der Waals surface area contributed by atoms with E-state index in [9.17, 15) is 0 Å². The van der Waals surface area contributed by atoms with Gasteiger partial charge >= 0.3 is 0 Å². The highest BCUT2D eigenvalue weighted by Gasteiger charge is 2.04. The van der Waals surface area contributed by atoms with Crippen LogP contribution in [0, 0.1) is 0 Å². The first-order chi connectivity index (χ1) is 7.67. The molecule has 1 aromatic carbocycles. The van der Waals surface area contributed by atoms with E-state index in [0.29, 0.717) is 24.7 Å². The van der Waals surface area contributed by atoms with Crippen molar-refractivity contribution in [2.75, 3.05) is 13.7 Å². The summed E-state index contributed by atoms with van der Waals surface area (Å²) < 4.78 is 10.6. The molecule has 6 heteroatoms. The first kappa shape index (κ1) is 15.8. The fourth-order valence-electron chi connectivity index (χ4n) is 1.27. The van der Waals surface area contributed by atoms with Gasteiger partial charge in [0.05, 0.1) is 20.3 Å². The Morgan fingerprint density at radius 1 is 1.29 bits per heavy atom. The van der Waals surface area contributed by atoms with Crippen LogP contribution in [0.15, 0.2) is 23.2 Å². The summed E-state index contributed by atoms with van der Waals surface area (Å²) in [6.07, 6.45) is 0. The van der Waals surface area contributed by atoms with Gasteiger partial charge in [-0.15, -0.1) is 24.0 Å². The monoisotopic (exact) mass is 351 g/mol. The lowest BCUT2D eigenvalue weighted by atomic mass is 10.2. The molecule has 1 aromatic rings. The lowest BCUT2D eigenvalue weighted by Gasteiger charge is -2.10. The Kier molecular flexibility index (Phi) is 7.44.